The van der Waals surface area contributed by atoms with E-state index in [0.29, 0.717) is 13.1 Å². The quantitative estimate of drug-likeness (QED) is 0.796. The maximum Gasteiger partial charge on any atom is 0.231 e. The number of rotatable bonds is 6. The first-order valence-corrected chi connectivity index (χ1v) is 8.02. The lowest BCUT2D eigenvalue weighted by molar-refractivity contribution is -0.137. The van der Waals surface area contributed by atoms with Crippen LogP contribution in [0.15, 0.2) is 6.33 Å². The highest BCUT2D eigenvalue weighted by atomic mass is 16.2. The minimum Gasteiger partial charge on any atom is -0.369 e. The van der Waals surface area contributed by atoms with Crippen LogP contribution in [0.25, 0.3) is 0 Å². The fraction of sp³-hybridized carbons (Fsp3) is 0.733. The highest BCUT2D eigenvalue weighted by Crippen LogP contribution is 2.19. The second kappa shape index (κ2) is 7.54. The second-order valence-electron chi connectivity index (χ2n) is 6.48. The molecule has 0 aromatic carbocycles. The third-order valence-electron chi connectivity index (χ3n) is 4.19. The summed E-state index contributed by atoms with van der Waals surface area (Å²) in [6, 6.07) is 0.254. The number of hydrogen-bond acceptors (Lipinski definition) is 5. The molecule has 0 bridgehead atoms. The molecule has 0 aliphatic carbocycles. The molecule has 128 valence electrons. The minimum absolute atomic E-state index is 0.0810. The molecule has 0 spiro atoms. The van der Waals surface area contributed by atoms with Crippen molar-refractivity contribution in [3.05, 3.63) is 12.2 Å². The summed E-state index contributed by atoms with van der Waals surface area (Å²) in [6.07, 6.45) is 3.43. The molecule has 8 heteroatoms. The molecule has 2 heterocycles. The van der Waals surface area contributed by atoms with E-state index in [2.05, 4.69) is 24.0 Å². The highest BCUT2D eigenvalue weighted by Gasteiger charge is 2.29. The van der Waals surface area contributed by atoms with E-state index in [1.807, 2.05) is 9.47 Å². The van der Waals surface area contributed by atoms with E-state index < -0.39 is 0 Å². The highest BCUT2D eigenvalue weighted by molar-refractivity contribution is 5.79. The fourth-order valence-electron chi connectivity index (χ4n) is 3.03. The number of amides is 2. The Bertz CT molecular complexity index is 556. The molecule has 8 nitrogen and oxygen atoms in total. The molecule has 23 heavy (non-hydrogen) atoms. The Morgan fingerprint density at radius 1 is 1.48 bits per heavy atom. The van der Waals surface area contributed by atoms with Gasteiger partial charge in [-0.2, -0.15) is 0 Å². The normalized spacial score (nSPS) is 19.0. The van der Waals surface area contributed by atoms with Gasteiger partial charge < -0.3 is 15.2 Å². The summed E-state index contributed by atoms with van der Waals surface area (Å²) in [7, 11) is 1.79. The van der Waals surface area contributed by atoms with E-state index in [1.54, 1.807) is 18.3 Å². The molecule has 1 aromatic heterocycles. The zero-order valence-corrected chi connectivity index (χ0v) is 14.1. The molecule has 2 amide bonds. The third kappa shape index (κ3) is 4.51. The van der Waals surface area contributed by atoms with Gasteiger partial charge in [-0.25, -0.2) is 0 Å². The predicted molar refractivity (Wildman–Crippen MR) is 85.2 cm³/mol. The van der Waals surface area contributed by atoms with Crippen molar-refractivity contribution < 1.29 is 9.59 Å². The van der Waals surface area contributed by atoms with Gasteiger partial charge in [0.1, 0.15) is 6.33 Å². The van der Waals surface area contributed by atoms with Crippen LogP contribution in [0.5, 0.6) is 0 Å². The maximum atomic E-state index is 12.7. The fourth-order valence-corrected chi connectivity index (χ4v) is 3.03. The zero-order chi connectivity index (χ0) is 17.0. The van der Waals surface area contributed by atoms with Crippen LogP contribution in [0.3, 0.4) is 0 Å². The van der Waals surface area contributed by atoms with E-state index >= 15 is 0 Å². The monoisotopic (exact) mass is 322 g/mol. The lowest BCUT2D eigenvalue weighted by Gasteiger charge is -2.33. The smallest absolute Gasteiger partial charge is 0.231 e. The van der Waals surface area contributed by atoms with Crippen molar-refractivity contribution in [2.24, 2.45) is 11.7 Å². The zero-order valence-electron chi connectivity index (χ0n) is 14.1. The van der Waals surface area contributed by atoms with Crippen LogP contribution in [-0.2, 0) is 16.1 Å². The molecule has 1 atom stereocenters. The molecule has 1 aromatic rings. The Morgan fingerprint density at radius 2 is 2.22 bits per heavy atom. The summed E-state index contributed by atoms with van der Waals surface area (Å²) in [5, 5.41) is 8.04. The van der Waals surface area contributed by atoms with Crippen LogP contribution in [0, 0.1) is 5.92 Å². The second-order valence-corrected chi connectivity index (χ2v) is 6.48. The van der Waals surface area contributed by atoms with E-state index in [1.165, 1.54) is 0 Å². The van der Waals surface area contributed by atoms with Crippen LogP contribution in [-0.4, -0.2) is 63.1 Å². The Balaban J connectivity index is 1.96. The van der Waals surface area contributed by atoms with Crippen molar-refractivity contribution in [3.8, 4) is 0 Å². The molecular formula is C15H26N6O2. The van der Waals surface area contributed by atoms with Gasteiger partial charge in [-0.1, -0.05) is 0 Å². The van der Waals surface area contributed by atoms with Crippen LogP contribution in [0.2, 0.25) is 0 Å². The molecule has 2 rings (SSSR count). The number of likely N-dealkylation sites (tertiary alicyclic amines) is 1. The van der Waals surface area contributed by atoms with Crippen molar-refractivity contribution >= 4 is 11.8 Å². The summed E-state index contributed by atoms with van der Waals surface area (Å²) in [5.41, 5.74) is 5.25. The van der Waals surface area contributed by atoms with Crippen molar-refractivity contribution in [1.29, 1.82) is 0 Å². The third-order valence-corrected chi connectivity index (χ3v) is 4.19. The molecule has 1 aliphatic rings. The van der Waals surface area contributed by atoms with Gasteiger partial charge in [0.15, 0.2) is 5.82 Å². The molecule has 0 radical (unpaired) electrons. The summed E-state index contributed by atoms with van der Waals surface area (Å²) >= 11 is 0. The first-order chi connectivity index (χ1) is 10.9. The first kappa shape index (κ1) is 17.4. The SMILES string of the molecule is CC(C)n1cnnc1CN(C)C(=O)[C@@H]1CCCN(CC(N)=O)C1. The average Bonchev–Trinajstić information content (AvgIpc) is 2.94. The van der Waals surface area contributed by atoms with Crippen LogP contribution in [0.1, 0.15) is 38.6 Å². The predicted octanol–water partition coefficient (Wildman–Crippen LogP) is 0.0147. The summed E-state index contributed by atoms with van der Waals surface area (Å²) in [5.74, 6) is 0.415. The Hall–Kier alpha value is -1.96. The molecular weight excluding hydrogens is 296 g/mol. The lowest BCUT2D eigenvalue weighted by Crippen LogP contribution is -2.46. The van der Waals surface area contributed by atoms with Crippen LogP contribution < -0.4 is 5.73 Å². The molecule has 1 saturated heterocycles. The number of carbonyl (C=O) groups is 2. The molecule has 1 fully saturated rings. The van der Waals surface area contributed by atoms with Crippen molar-refractivity contribution in [2.75, 3.05) is 26.7 Å². The molecule has 2 N–H and O–H groups in total. The molecule has 0 saturated carbocycles. The number of nitrogens with zero attached hydrogens (tertiary/aromatic N) is 5. The van der Waals surface area contributed by atoms with Crippen molar-refractivity contribution in [2.45, 2.75) is 39.3 Å². The minimum atomic E-state index is -0.350. The number of primary amides is 1. The summed E-state index contributed by atoms with van der Waals surface area (Å²) < 4.78 is 1.96. The van der Waals surface area contributed by atoms with Crippen LogP contribution in [0.4, 0.5) is 0 Å². The topological polar surface area (TPSA) is 97.3 Å². The number of hydrogen-bond donors (Lipinski definition) is 1. The van der Waals surface area contributed by atoms with E-state index in [0.717, 1.165) is 25.2 Å². The standard InChI is InChI=1S/C15H26N6O2/c1-11(2)21-10-17-18-14(21)9-19(3)15(23)12-5-4-6-20(7-12)8-13(16)22/h10-12H,4-9H2,1-3H3,(H2,16,22)/t12-/m1/s1. The van der Waals surface area contributed by atoms with E-state index in [4.69, 9.17) is 5.73 Å². The van der Waals surface area contributed by atoms with Gasteiger partial charge in [0.2, 0.25) is 11.8 Å². The van der Waals surface area contributed by atoms with E-state index in [9.17, 15) is 9.59 Å². The van der Waals surface area contributed by atoms with Gasteiger partial charge in [0.25, 0.3) is 0 Å². The van der Waals surface area contributed by atoms with Crippen molar-refractivity contribution in [1.82, 2.24) is 24.6 Å². The maximum absolute atomic E-state index is 12.7. The van der Waals surface area contributed by atoms with Gasteiger partial charge >= 0.3 is 0 Å². The van der Waals surface area contributed by atoms with E-state index in [-0.39, 0.29) is 30.3 Å². The largest absolute Gasteiger partial charge is 0.369 e. The number of nitrogens with two attached hydrogens (primary N) is 1. The Morgan fingerprint density at radius 3 is 2.87 bits per heavy atom. The van der Waals surface area contributed by atoms with Crippen molar-refractivity contribution in [3.63, 3.8) is 0 Å². The van der Waals surface area contributed by atoms with Crippen LogP contribution >= 0.6 is 0 Å². The van der Waals surface area contributed by atoms with Gasteiger partial charge in [-0.3, -0.25) is 14.5 Å². The Kier molecular flexibility index (Phi) is 5.70. The summed E-state index contributed by atoms with van der Waals surface area (Å²) in [4.78, 5) is 27.4. The summed E-state index contributed by atoms with van der Waals surface area (Å²) in [6.45, 7) is 6.16. The average molecular weight is 322 g/mol. The first-order valence-electron chi connectivity index (χ1n) is 8.02. The van der Waals surface area contributed by atoms with Gasteiger partial charge in [-0.15, -0.1) is 10.2 Å². The lowest BCUT2D eigenvalue weighted by atomic mass is 9.96. The number of aromatic nitrogens is 3. The molecule has 1 aliphatic heterocycles. The van der Waals surface area contributed by atoms with Gasteiger partial charge in [0, 0.05) is 19.6 Å². The number of piperidine rings is 1. The molecule has 0 unspecified atom stereocenters. The van der Waals surface area contributed by atoms with Gasteiger partial charge in [0.05, 0.1) is 19.0 Å². The Labute approximate surface area is 136 Å². The number of carbonyl (C=O) groups excluding carboxylic acids is 2. The van der Waals surface area contributed by atoms with Gasteiger partial charge in [-0.05, 0) is 33.2 Å².